The Hall–Kier alpha value is -1.74. The molecule has 6 nitrogen and oxygen atoms in total. The third-order valence-corrected chi connectivity index (χ3v) is 6.76. The van der Waals surface area contributed by atoms with Crippen LogP contribution in [0, 0.1) is 0 Å². The van der Waals surface area contributed by atoms with Crippen LogP contribution in [0.15, 0.2) is 40.1 Å². The second kappa shape index (κ2) is 10.0. The lowest BCUT2D eigenvalue weighted by Gasteiger charge is -2.20. The highest BCUT2D eigenvalue weighted by molar-refractivity contribution is 8.93. The van der Waals surface area contributed by atoms with Crippen molar-refractivity contribution in [2.24, 2.45) is 5.73 Å². The Balaban J connectivity index is 0.00000256. The Kier molecular flexibility index (Phi) is 7.68. The van der Waals surface area contributed by atoms with E-state index in [1.54, 1.807) is 18.9 Å². The van der Waals surface area contributed by atoms with Crippen molar-refractivity contribution in [1.29, 1.82) is 0 Å². The molecule has 0 spiro atoms. The van der Waals surface area contributed by atoms with Crippen molar-refractivity contribution < 1.29 is 4.74 Å². The van der Waals surface area contributed by atoms with Gasteiger partial charge in [0.25, 0.3) is 0 Å². The number of hydrogen-bond acceptors (Lipinski definition) is 6. The van der Waals surface area contributed by atoms with Crippen LogP contribution in [0.25, 0.3) is 22.2 Å². The lowest BCUT2D eigenvalue weighted by atomic mass is 10.1. The van der Waals surface area contributed by atoms with Crippen LogP contribution in [0.5, 0.6) is 5.75 Å². The number of rotatable bonds is 9. The maximum Gasteiger partial charge on any atom is 0.133 e. The Morgan fingerprint density at radius 1 is 1.17 bits per heavy atom. The number of anilines is 1. The molecule has 2 heterocycles. The molecule has 162 valence electrons. The minimum absolute atomic E-state index is 0. The molecule has 0 amide bonds. The third-order valence-electron chi connectivity index (χ3n) is 5.51. The van der Waals surface area contributed by atoms with Gasteiger partial charge < -0.3 is 20.7 Å². The summed E-state index contributed by atoms with van der Waals surface area (Å²) in [6, 6.07) is 10.5. The molecule has 1 aliphatic heterocycles. The molecule has 3 N–H and O–H groups in total. The summed E-state index contributed by atoms with van der Waals surface area (Å²) >= 11 is 1.76. The van der Waals surface area contributed by atoms with Gasteiger partial charge in [-0.15, -0.1) is 17.0 Å². The zero-order valence-electron chi connectivity index (χ0n) is 17.8. The summed E-state index contributed by atoms with van der Waals surface area (Å²) in [6.07, 6.45) is 0. The first-order chi connectivity index (χ1) is 14.2. The van der Waals surface area contributed by atoms with Crippen molar-refractivity contribution in [3.8, 4) is 17.0 Å². The molecule has 0 atom stereocenters. The minimum Gasteiger partial charge on any atom is -0.496 e. The zero-order chi connectivity index (χ0) is 20.4. The normalized spacial score (nSPS) is 12.0. The van der Waals surface area contributed by atoms with Crippen molar-refractivity contribution in [3.63, 3.8) is 0 Å². The van der Waals surface area contributed by atoms with E-state index in [1.807, 2.05) is 12.1 Å². The molecule has 0 saturated heterocycles. The predicted molar refractivity (Wildman–Crippen MR) is 131 cm³/mol. The Morgan fingerprint density at radius 3 is 2.67 bits per heavy atom. The molecule has 0 saturated carbocycles. The number of nitrogens with two attached hydrogens (primary N) is 1. The molecule has 0 unspecified atom stereocenters. The van der Waals surface area contributed by atoms with Crippen molar-refractivity contribution in [3.05, 3.63) is 30.3 Å². The van der Waals surface area contributed by atoms with Crippen LogP contribution in [-0.2, 0) is 6.54 Å². The molecule has 4 rings (SSSR count). The Morgan fingerprint density at radius 2 is 1.97 bits per heavy atom. The average molecular weight is 492 g/mol. The van der Waals surface area contributed by atoms with Crippen LogP contribution in [0.3, 0.4) is 0 Å². The van der Waals surface area contributed by atoms with E-state index in [4.69, 9.17) is 15.6 Å². The quantitative estimate of drug-likeness (QED) is 0.360. The molecule has 0 aliphatic carbocycles. The minimum atomic E-state index is 0. The third kappa shape index (κ3) is 4.06. The van der Waals surface area contributed by atoms with Crippen LogP contribution >= 0.6 is 28.7 Å². The number of benzene rings is 2. The molecule has 0 bridgehead atoms. The van der Waals surface area contributed by atoms with Gasteiger partial charge in [-0.25, -0.2) is 0 Å². The van der Waals surface area contributed by atoms with Crippen molar-refractivity contribution in [2.75, 3.05) is 45.2 Å². The number of aromatic nitrogens is 2. The van der Waals surface area contributed by atoms with Gasteiger partial charge in [0.2, 0.25) is 0 Å². The standard InChI is InChI=1S/C22H29N5OS.BrH/c1-4-26(5-2)13-14-27-17-10-9-16(24-12-11-23)22-19(17)20(25-27)15-7-6-8-18(28-3)21(15)29-22;/h6-10,24H,4-5,11-14,23H2,1-3H3;1H. The van der Waals surface area contributed by atoms with Gasteiger partial charge in [-0.05, 0) is 31.3 Å². The van der Waals surface area contributed by atoms with Gasteiger partial charge >= 0.3 is 0 Å². The topological polar surface area (TPSA) is 68.3 Å². The van der Waals surface area contributed by atoms with E-state index >= 15 is 0 Å². The molecule has 1 aliphatic rings. The molecule has 8 heteroatoms. The number of halogens is 1. The van der Waals surface area contributed by atoms with Crippen LogP contribution in [0.2, 0.25) is 0 Å². The number of methoxy groups -OCH3 is 1. The first-order valence-electron chi connectivity index (χ1n) is 10.3. The monoisotopic (exact) mass is 491 g/mol. The fraction of sp³-hybridized carbons (Fsp3) is 0.409. The second-order valence-electron chi connectivity index (χ2n) is 7.09. The summed E-state index contributed by atoms with van der Waals surface area (Å²) in [5, 5.41) is 9.77. The van der Waals surface area contributed by atoms with Gasteiger partial charge in [-0.2, -0.15) is 5.10 Å². The summed E-state index contributed by atoms with van der Waals surface area (Å²) in [5.74, 6) is 0.887. The number of hydrogen-bond donors (Lipinski definition) is 2. The van der Waals surface area contributed by atoms with Crippen molar-refractivity contribution in [1.82, 2.24) is 14.7 Å². The molecule has 1 aromatic heterocycles. The molecular formula is C22H30BrN5OS. The summed E-state index contributed by atoms with van der Waals surface area (Å²) in [4.78, 5) is 4.76. The van der Waals surface area contributed by atoms with E-state index < -0.39 is 0 Å². The largest absolute Gasteiger partial charge is 0.496 e. The highest BCUT2D eigenvalue weighted by Gasteiger charge is 2.28. The average Bonchev–Trinajstić information content (AvgIpc) is 3.13. The highest BCUT2D eigenvalue weighted by Crippen LogP contribution is 2.53. The summed E-state index contributed by atoms with van der Waals surface area (Å²) in [7, 11) is 1.72. The smallest absolute Gasteiger partial charge is 0.133 e. The molecule has 2 aromatic carbocycles. The summed E-state index contributed by atoms with van der Waals surface area (Å²) < 4.78 is 7.82. The number of nitrogens with one attached hydrogen (secondary N) is 1. The maximum absolute atomic E-state index is 5.73. The molecular weight excluding hydrogens is 462 g/mol. The first-order valence-corrected chi connectivity index (χ1v) is 11.1. The van der Waals surface area contributed by atoms with Gasteiger partial charge in [0.05, 0.1) is 24.1 Å². The van der Waals surface area contributed by atoms with Gasteiger partial charge in [0, 0.05) is 41.2 Å². The number of nitrogens with zero attached hydrogens (tertiary/aromatic N) is 3. The Bertz CT molecular complexity index is 1020. The first kappa shape index (κ1) is 22.9. The predicted octanol–water partition coefficient (Wildman–Crippen LogP) is 4.47. The van der Waals surface area contributed by atoms with E-state index in [9.17, 15) is 0 Å². The van der Waals surface area contributed by atoms with Crippen LogP contribution in [-0.4, -0.2) is 54.5 Å². The van der Waals surface area contributed by atoms with Gasteiger partial charge in [0.1, 0.15) is 11.4 Å². The molecule has 3 aromatic rings. The lowest BCUT2D eigenvalue weighted by molar-refractivity contribution is 0.287. The summed E-state index contributed by atoms with van der Waals surface area (Å²) in [5.41, 5.74) is 10.2. The maximum atomic E-state index is 5.73. The molecule has 0 fully saturated rings. The van der Waals surface area contributed by atoms with Gasteiger partial charge in [0.15, 0.2) is 0 Å². The van der Waals surface area contributed by atoms with Gasteiger partial charge in [-0.1, -0.05) is 37.7 Å². The van der Waals surface area contributed by atoms with Crippen molar-refractivity contribution in [2.45, 2.75) is 30.2 Å². The van der Waals surface area contributed by atoms with Crippen LogP contribution in [0.1, 0.15) is 13.8 Å². The fourth-order valence-corrected chi connectivity index (χ4v) is 5.18. The van der Waals surface area contributed by atoms with E-state index in [0.29, 0.717) is 6.54 Å². The molecule has 30 heavy (non-hydrogen) atoms. The zero-order valence-corrected chi connectivity index (χ0v) is 20.3. The van der Waals surface area contributed by atoms with E-state index in [-0.39, 0.29) is 17.0 Å². The van der Waals surface area contributed by atoms with Crippen LogP contribution in [0.4, 0.5) is 5.69 Å². The van der Waals surface area contributed by atoms with Crippen molar-refractivity contribution >= 4 is 45.3 Å². The van der Waals surface area contributed by atoms with E-state index in [0.717, 1.165) is 60.3 Å². The molecule has 0 radical (unpaired) electrons. The fourth-order valence-electron chi connectivity index (χ4n) is 3.90. The summed E-state index contributed by atoms with van der Waals surface area (Å²) in [6.45, 7) is 9.71. The Labute approximate surface area is 192 Å². The second-order valence-corrected chi connectivity index (χ2v) is 8.11. The van der Waals surface area contributed by atoms with Crippen LogP contribution < -0.4 is 15.8 Å². The lowest BCUT2D eigenvalue weighted by Crippen LogP contribution is -2.27. The number of fused-ring (bicyclic) bond motifs is 2. The van der Waals surface area contributed by atoms with Gasteiger partial charge in [-0.3, -0.25) is 4.68 Å². The highest BCUT2D eigenvalue weighted by atomic mass is 79.9. The van der Waals surface area contributed by atoms with E-state index in [1.165, 1.54) is 15.8 Å². The number of ether oxygens (including phenoxy) is 1. The SMILES string of the molecule is Br.CCN(CC)CCn1nc2c3c(c(NCCN)ccc31)Sc1c(OC)cccc1-2. The van der Waals surface area contributed by atoms with E-state index in [2.05, 4.69) is 46.9 Å². The number of likely N-dealkylation sites (N-methyl/N-ethyl adjacent to an activating group) is 1.